The van der Waals surface area contributed by atoms with Gasteiger partial charge >= 0.3 is 17.9 Å². The number of nitrogens with zero attached hydrogens (tertiary/aromatic N) is 1. The van der Waals surface area contributed by atoms with Crippen LogP contribution in [-0.2, 0) is 65.6 Å². The molecule has 28 nitrogen and oxygen atoms in total. The van der Waals surface area contributed by atoms with Crippen molar-refractivity contribution in [2.24, 2.45) is 33.8 Å². The standard InChI is InChI=1S/C46H66N12O16/c1-22(2)37(44(72)56-30(20-33(47)61)41(69)57-32(45(73)74)19-24-8-5-4-6-9-24)58-39(67)27(10-7-17-51-46(49)50)52-42(70)31(21-35(64)65)55-40(68)29(18-25-11-13-26(60)14-12-25)54-38(66)28(15-16-34(62)63)53-43(71)36(48)23(3)59/h4-6,8-9,11-14,22-23,27-32,36-37,59-60H,7,10,15-21,48H2,1-3H3,(H2,47,61)(H,52,70)(H,53,71)(H,54,66)(H,55,68)(H,56,72)(H,57,69)(H,58,67)(H,62,63)(H,64,65)(H,73,74)(H4,49,50,51)/t23-,27+,28+,29+,30+,31+,32+,36+,37+/m1/s1. The Morgan fingerprint density at radius 3 is 1.53 bits per heavy atom. The van der Waals surface area contributed by atoms with Crippen LogP contribution >= 0.6 is 0 Å². The molecule has 0 bridgehead atoms. The second-order valence-corrected chi connectivity index (χ2v) is 17.4. The number of aliphatic hydroxyl groups is 1. The number of carbonyl (C=O) groups excluding carboxylic acids is 8. The Morgan fingerprint density at radius 2 is 1.00 bits per heavy atom. The quantitative estimate of drug-likeness (QED) is 0.0186. The van der Waals surface area contributed by atoms with E-state index in [1.165, 1.54) is 45.0 Å². The third kappa shape index (κ3) is 22.4. The fraction of sp³-hybridized carbons (Fsp3) is 0.478. The summed E-state index contributed by atoms with van der Waals surface area (Å²) in [6.45, 7) is 4.05. The smallest absolute Gasteiger partial charge is 0.326 e. The van der Waals surface area contributed by atoms with E-state index in [4.69, 9.17) is 22.9 Å². The van der Waals surface area contributed by atoms with Crippen LogP contribution in [0.4, 0.5) is 0 Å². The molecule has 0 unspecified atom stereocenters. The highest BCUT2D eigenvalue weighted by molar-refractivity contribution is 5.99. The number of aliphatic hydroxyl groups excluding tert-OH is 1. The maximum Gasteiger partial charge on any atom is 0.326 e. The van der Waals surface area contributed by atoms with E-state index in [0.717, 1.165) is 0 Å². The first-order valence-corrected chi connectivity index (χ1v) is 23.1. The van der Waals surface area contributed by atoms with Crippen molar-refractivity contribution in [2.45, 2.75) is 127 Å². The van der Waals surface area contributed by atoms with Crippen molar-refractivity contribution in [3.05, 3.63) is 65.7 Å². The molecule has 74 heavy (non-hydrogen) atoms. The molecule has 2 aromatic carbocycles. The fourth-order valence-electron chi connectivity index (χ4n) is 6.86. The van der Waals surface area contributed by atoms with E-state index in [1.54, 1.807) is 30.3 Å². The Kier molecular flexibility index (Phi) is 25.4. The lowest BCUT2D eigenvalue weighted by Gasteiger charge is -2.28. The molecule has 406 valence electrons. The van der Waals surface area contributed by atoms with Crippen LogP contribution in [0.5, 0.6) is 5.75 Å². The van der Waals surface area contributed by atoms with E-state index < -0.39 is 158 Å². The molecule has 0 saturated carbocycles. The third-order valence-corrected chi connectivity index (χ3v) is 10.9. The zero-order valence-corrected chi connectivity index (χ0v) is 40.8. The number of guanidine groups is 1. The number of phenols is 1. The summed E-state index contributed by atoms with van der Waals surface area (Å²) < 4.78 is 0. The molecule has 0 fully saturated rings. The van der Waals surface area contributed by atoms with Crippen molar-refractivity contribution in [2.75, 3.05) is 6.54 Å². The fourth-order valence-corrected chi connectivity index (χ4v) is 6.86. The van der Waals surface area contributed by atoms with Gasteiger partial charge in [0, 0.05) is 25.8 Å². The number of carboxylic acids is 3. The molecule has 20 N–H and O–H groups in total. The molecule has 0 aromatic heterocycles. The van der Waals surface area contributed by atoms with Gasteiger partial charge in [0.25, 0.3) is 0 Å². The van der Waals surface area contributed by atoms with Gasteiger partial charge in [-0.2, -0.15) is 0 Å². The Hall–Kier alpha value is -8.40. The summed E-state index contributed by atoms with van der Waals surface area (Å²) in [6, 6.07) is 0.0756. The van der Waals surface area contributed by atoms with Crippen LogP contribution in [-0.4, -0.2) is 158 Å². The number of nitrogens with one attached hydrogen (secondary N) is 7. The van der Waals surface area contributed by atoms with Crippen LogP contribution in [0.2, 0.25) is 0 Å². The van der Waals surface area contributed by atoms with E-state index in [2.05, 4.69) is 42.2 Å². The Morgan fingerprint density at radius 1 is 0.541 bits per heavy atom. The van der Waals surface area contributed by atoms with Crippen LogP contribution in [0.3, 0.4) is 0 Å². The van der Waals surface area contributed by atoms with E-state index in [1.807, 2.05) is 0 Å². The van der Waals surface area contributed by atoms with E-state index in [9.17, 15) is 78.3 Å². The predicted octanol–water partition coefficient (Wildman–Crippen LogP) is -4.71. The normalized spacial score (nSPS) is 14.6. The van der Waals surface area contributed by atoms with E-state index in [-0.39, 0.29) is 37.5 Å². The highest BCUT2D eigenvalue weighted by Crippen LogP contribution is 2.14. The van der Waals surface area contributed by atoms with Gasteiger partial charge in [-0.25, -0.2) is 4.79 Å². The number of primary amides is 1. The van der Waals surface area contributed by atoms with Crippen LogP contribution in [0, 0.1) is 5.92 Å². The van der Waals surface area contributed by atoms with Gasteiger partial charge in [-0.15, -0.1) is 0 Å². The summed E-state index contributed by atoms with van der Waals surface area (Å²) in [5, 5.41) is 64.9. The zero-order chi connectivity index (χ0) is 55.8. The number of carbonyl (C=O) groups is 11. The summed E-state index contributed by atoms with van der Waals surface area (Å²) in [6.07, 6.45) is -5.42. The molecule has 0 heterocycles. The van der Waals surface area contributed by atoms with Gasteiger partial charge in [-0.1, -0.05) is 56.3 Å². The number of hydrogen-bond donors (Lipinski definition) is 16. The first-order chi connectivity index (χ1) is 34.7. The molecule has 2 rings (SSSR count). The lowest BCUT2D eigenvalue weighted by atomic mass is 10.0. The van der Waals surface area contributed by atoms with Gasteiger partial charge in [-0.05, 0) is 55.4 Å². The summed E-state index contributed by atoms with van der Waals surface area (Å²) in [5.41, 5.74) is 22.8. The second-order valence-electron chi connectivity index (χ2n) is 17.4. The molecule has 8 amide bonds. The summed E-state index contributed by atoms with van der Waals surface area (Å²) in [4.78, 5) is 148. The van der Waals surface area contributed by atoms with Gasteiger partial charge in [0.15, 0.2) is 5.96 Å². The number of rotatable bonds is 32. The largest absolute Gasteiger partial charge is 0.508 e. The van der Waals surface area contributed by atoms with Crippen LogP contribution < -0.4 is 60.2 Å². The zero-order valence-electron chi connectivity index (χ0n) is 40.8. The maximum atomic E-state index is 14.1. The second kappa shape index (κ2) is 30.5. The Balaban J connectivity index is 2.48. The Bertz CT molecular complexity index is 2330. The molecular formula is C46H66N12O16. The first kappa shape index (κ1) is 61.7. The molecule has 0 aliphatic rings. The number of benzene rings is 2. The third-order valence-electron chi connectivity index (χ3n) is 10.9. The molecule has 0 aliphatic heterocycles. The molecule has 28 heteroatoms. The monoisotopic (exact) mass is 1040 g/mol. The molecule has 0 spiro atoms. The number of phenolic OH excluding ortho intramolecular Hbond substituents is 1. The number of aliphatic imine (C=N–C) groups is 1. The highest BCUT2D eigenvalue weighted by Gasteiger charge is 2.36. The molecule has 0 saturated heterocycles. The van der Waals surface area contributed by atoms with Crippen LogP contribution in [0.1, 0.15) is 70.4 Å². The maximum absolute atomic E-state index is 14.1. The van der Waals surface area contributed by atoms with Crippen molar-refractivity contribution in [3.63, 3.8) is 0 Å². The molecule has 2 aromatic rings. The van der Waals surface area contributed by atoms with Gasteiger partial charge < -0.3 is 85.7 Å². The molecule has 9 atom stereocenters. The van der Waals surface area contributed by atoms with Crippen molar-refractivity contribution in [1.82, 2.24) is 37.2 Å². The summed E-state index contributed by atoms with van der Waals surface area (Å²) in [5.74, 6) is -14.7. The van der Waals surface area contributed by atoms with Crippen molar-refractivity contribution in [1.29, 1.82) is 0 Å². The minimum Gasteiger partial charge on any atom is -0.508 e. The van der Waals surface area contributed by atoms with Gasteiger partial charge in [-0.3, -0.25) is 52.9 Å². The van der Waals surface area contributed by atoms with Crippen molar-refractivity contribution >= 4 is 71.1 Å². The van der Waals surface area contributed by atoms with Crippen molar-refractivity contribution in [3.8, 4) is 5.75 Å². The van der Waals surface area contributed by atoms with Crippen LogP contribution in [0.25, 0.3) is 0 Å². The lowest BCUT2D eigenvalue weighted by molar-refractivity contribution is -0.143. The van der Waals surface area contributed by atoms with E-state index in [0.29, 0.717) is 11.1 Å². The predicted molar refractivity (Wildman–Crippen MR) is 260 cm³/mol. The number of amides is 8. The average molecular weight is 1040 g/mol. The van der Waals surface area contributed by atoms with Gasteiger partial charge in [0.2, 0.25) is 47.3 Å². The van der Waals surface area contributed by atoms with Gasteiger partial charge in [0.05, 0.1) is 18.9 Å². The molecule has 0 radical (unpaired) electrons. The Labute approximate surface area is 424 Å². The molecular weight excluding hydrogens is 977 g/mol. The summed E-state index contributed by atoms with van der Waals surface area (Å²) >= 11 is 0. The van der Waals surface area contributed by atoms with Crippen LogP contribution in [0.15, 0.2) is 59.6 Å². The first-order valence-electron chi connectivity index (χ1n) is 23.1. The number of aliphatic carboxylic acids is 3. The number of nitrogens with two attached hydrogens (primary N) is 4. The SMILES string of the molecule is CC(C)[C@H](NC(=O)[C@H](CCCN=C(N)N)NC(=O)[C@H](CC(=O)O)NC(=O)[C@H](Cc1ccc(O)cc1)NC(=O)[C@H](CCC(=O)O)NC(=O)[C@@H](N)[C@@H](C)O)C(=O)N[C@@H](CC(N)=O)C(=O)N[C@@H](Cc1ccccc1)C(=O)O. The molecule has 0 aliphatic carbocycles. The minimum absolute atomic E-state index is 0.0260. The number of carboxylic acid groups (broad SMARTS) is 3. The topological polar surface area (TPSA) is 490 Å². The summed E-state index contributed by atoms with van der Waals surface area (Å²) in [7, 11) is 0. The van der Waals surface area contributed by atoms with E-state index >= 15 is 0 Å². The number of hydrogen-bond acceptors (Lipinski definition) is 15. The van der Waals surface area contributed by atoms with Gasteiger partial charge in [0.1, 0.15) is 54.1 Å². The highest BCUT2D eigenvalue weighted by atomic mass is 16.4. The lowest BCUT2D eigenvalue weighted by Crippen LogP contribution is -2.61. The minimum atomic E-state index is -2.01. The van der Waals surface area contributed by atoms with Crippen molar-refractivity contribution < 1.29 is 78.3 Å². The number of aromatic hydroxyl groups is 1. The average Bonchev–Trinajstić information content (AvgIpc) is 3.31.